The van der Waals surface area contributed by atoms with E-state index < -0.39 is 0 Å². The first kappa shape index (κ1) is 18.9. The van der Waals surface area contributed by atoms with Crippen molar-refractivity contribution in [3.8, 4) is 0 Å². The van der Waals surface area contributed by atoms with Crippen LogP contribution in [0.2, 0.25) is 0 Å². The van der Waals surface area contributed by atoms with Gasteiger partial charge < -0.3 is 40.8 Å². The van der Waals surface area contributed by atoms with Gasteiger partial charge in [0.1, 0.15) is 0 Å². The van der Waals surface area contributed by atoms with Crippen molar-refractivity contribution < 1.29 is 24.8 Å². The molecule has 0 aromatic rings. The quantitative estimate of drug-likeness (QED) is 0.358. The van der Waals surface area contributed by atoms with Crippen molar-refractivity contribution in [1.82, 2.24) is 16.0 Å². The summed E-state index contributed by atoms with van der Waals surface area (Å²) in [6.07, 6.45) is 0. The first-order chi connectivity index (χ1) is 4.50. The first-order valence-electron chi connectivity index (χ1n) is 3.62. The maximum Gasteiger partial charge on any atom is 2.00 e. The zero-order valence-electron chi connectivity index (χ0n) is 7.21. The largest absolute Gasteiger partial charge is 2.00 e. The van der Waals surface area contributed by atoms with Crippen molar-refractivity contribution in [3.63, 3.8) is 0 Å². The summed E-state index contributed by atoms with van der Waals surface area (Å²) in [5.74, 6) is 0. The predicted octanol–water partition coefficient (Wildman–Crippen LogP) is -7.60. The molecule has 1 heterocycles. The molecule has 12 heavy (non-hydrogen) atoms. The standard InChI is InChI=1S/C6H15N3.2ClH.Mg/c1-2-8-5-6-9-4-3-7-1;;;/h7-9H,1-6H2;2*1H;/q;;;+2/p-2. The van der Waals surface area contributed by atoms with Gasteiger partial charge in [0.2, 0.25) is 0 Å². The Morgan fingerprint density at radius 1 is 0.500 bits per heavy atom. The summed E-state index contributed by atoms with van der Waals surface area (Å²) in [6, 6.07) is 0. The Hall–Kier alpha value is 1.23. The van der Waals surface area contributed by atoms with Gasteiger partial charge >= 0.3 is 23.1 Å². The molecule has 1 saturated heterocycles. The molecule has 0 saturated carbocycles. The number of hydrogen-bond donors (Lipinski definition) is 3. The smallest absolute Gasteiger partial charge is 1.00 e. The Morgan fingerprint density at radius 3 is 0.833 bits per heavy atom. The fourth-order valence-corrected chi connectivity index (χ4v) is 0.905. The van der Waals surface area contributed by atoms with E-state index in [4.69, 9.17) is 0 Å². The topological polar surface area (TPSA) is 36.1 Å². The minimum Gasteiger partial charge on any atom is -1.00 e. The fourth-order valence-electron chi connectivity index (χ4n) is 0.905. The number of hydrogen-bond acceptors (Lipinski definition) is 3. The maximum absolute atomic E-state index is 3.30. The van der Waals surface area contributed by atoms with Crippen LogP contribution in [0.15, 0.2) is 0 Å². The van der Waals surface area contributed by atoms with Gasteiger partial charge in [-0.15, -0.1) is 0 Å². The molecule has 3 nitrogen and oxygen atoms in total. The van der Waals surface area contributed by atoms with Gasteiger partial charge in [-0.1, -0.05) is 0 Å². The average molecular weight is 224 g/mol. The normalized spacial score (nSPS) is 18.0. The summed E-state index contributed by atoms with van der Waals surface area (Å²) < 4.78 is 0. The molecule has 6 heteroatoms. The summed E-state index contributed by atoms with van der Waals surface area (Å²) in [5.41, 5.74) is 0. The molecule has 0 bridgehead atoms. The van der Waals surface area contributed by atoms with E-state index in [1.54, 1.807) is 0 Å². The molecule has 0 aliphatic carbocycles. The van der Waals surface area contributed by atoms with E-state index in [0.29, 0.717) is 0 Å². The van der Waals surface area contributed by atoms with E-state index in [2.05, 4.69) is 16.0 Å². The van der Waals surface area contributed by atoms with Gasteiger partial charge in [0.05, 0.1) is 0 Å². The van der Waals surface area contributed by atoms with Crippen LogP contribution in [0.5, 0.6) is 0 Å². The van der Waals surface area contributed by atoms with E-state index in [1.165, 1.54) is 0 Å². The Kier molecular flexibility index (Phi) is 23.2. The average Bonchev–Trinajstić information content (AvgIpc) is 2.00. The molecule has 0 unspecified atom stereocenters. The van der Waals surface area contributed by atoms with E-state index >= 15 is 0 Å². The van der Waals surface area contributed by atoms with Crippen LogP contribution >= 0.6 is 0 Å². The minimum absolute atomic E-state index is 0. The summed E-state index contributed by atoms with van der Waals surface area (Å²) in [7, 11) is 0. The summed E-state index contributed by atoms with van der Waals surface area (Å²) in [5, 5.41) is 9.91. The third-order valence-corrected chi connectivity index (χ3v) is 1.44. The van der Waals surface area contributed by atoms with Crippen molar-refractivity contribution >= 4 is 23.1 Å². The van der Waals surface area contributed by atoms with E-state index in [-0.39, 0.29) is 47.9 Å². The molecule has 1 aliphatic heterocycles. The number of rotatable bonds is 0. The van der Waals surface area contributed by atoms with Crippen molar-refractivity contribution in [2.24, 2.45) is 0 Å². The van der Waals surface area contributed by atoms with Gasteiger partial charge in [-0.3, -0.25) is 0 Å². The molecule has 0 spiro atoms. The van der Waals surface area contributed by atoms with Gasteiger partial charge in [0, 0.05) is 39.3 Å². The molecule has 0 radical (unpaired) electrons. The summed E-state index contributed by atoms with van der Waals surface area (Å²) >= 11 is 0. The second-order valence-corrected chi connectivity index (χ2v) is 2.25. The first-order valence-corrected chi connectivity index (χ1v) is 3.62. The fraction of sp³-hybridized carbons (Fsp3) is 1.00. The Labute approximate surface area is 103 Å². The van der Waals surface area contributed by atoms with E-state index in [9.17, 15) is 0 Å². The van der Waals surface area contributed by atoms with Crippen LogP contribution in [0.4, 0.5) is 0 Å². The third kappa shape index (κ3) is 11.2. The van der Waals surface area contributed by atoms with Crippen molar-refractivity contribution in [2.45, 2.75) is 0 Å². The predicted molar refractivity (Wildman–Crippen MR) is 44.4 cm³/mol. The monoisotopic (exact) mass is 223 g/mol. The van der Waals surface area contributed by atoms with Gasteiger partial charge in [-0.25, -0.2) is 0 Å². The molecule has 0 atom stereocenters. The van der Waals surface area contributed by atoms with Gasteiger partial charge in [-0.2, -0.15) is 0 Å². The SMILES string of the molecule is C1CNCCNCCN1.[Cl-].[Cl-].[Mg+2]. The van der Waals surface area contributed by atoms with Crippen LogP contribution in [0, 0.1) is 0 Å². The summed E-state index contributed by atoms with van der Waals surface area (Å²) in [4.78, 5) is 0. The van der Waals surface area contributed by atoms with Crippen molar-refractivity contribution in [1.29, 1.82) is 0 Å². The number of halogens is 2. The van der Waals surface area contributed by atoms with Crippen LogP contribution in [0.1, 0.15) is 0 Å². The molecule has 1 aliphatic rings. The van der Waals surface area contributed by atoms with E-state index in [1.807, 2.05) is 0 Å². The Bertz CT molecular complexity index is 49.3. The number of nitrogens with one attached hydrogen (secondary N) is 3. The third-order valence-electron chi connectivity index (χ3n) is 1.44. The molecule has 1 rings (SSSR count). The van der Waals surface area contributed by atoms with Gasteiger partial charge in [0.25, 0.3) is 0 Å². The zero-order valence-corrected chi connectivity index (χ0v) is 10.1. The second-order valence-electron chi connectivity index (χ2n) is 2.25. The van der Waals surface area contributed by atoms with Gasteiger partial charge in [0.15, 0.2) is 0 Å². The van der Waals surface area contributed by atoms with Crippen LogP contribution in [0.3, 0.4) is 0 Å². The van der Waals surface area contributed by atoms with E-state index in [0.717, 1.165) is 39.3 Å². The van der Waals surface area contributed by atoms with Crippen LogP contribution < -0.4 is 40.8 Å². The van der Waals surface area contributed by atoms with Crippen LogP contribution in [0.25, 0.3) is 0 Å². The molecule has 0 amide bonds. The molecular formula is C6H15Cl2MgN3. The maximum atomic E-state index is 3.30. The Balaban J connectivity index is -0.000000270. The van der Waals surface area contributed by atoms with Gasteiger partial charge in [-0.05, 0) is 0 Å². The molecule has 0 aromatic carbocycles. The molecule has 1 fully saturated rings. The van der Waals surface area contributed by atoms with Crippen LogP contribution in [-0.2, 0) is 0 Å². The van der Waals surface area contributed by atoms with Crippen LogP contribution in [-0.4, -0.2) is 62.3 Å². The summed E-state index contributed by atoms with van der Waals surface area (Å²) in [6.45, 7) is 6.59. The Morgan fingerprint density at radius 2 is 0.667 bits per heavy atom. The van der Waals surface area contributed by atoms with Crippen molar-refractivity contribution in [2.75, 3.05) is 39.3 Å². The zero-order chi connectivity index (χ0) is 6.36. The van der Waals surface area contributed by atoms with Crippen molar-refractivity contribution in [3.05, 3.63) is 0 Å². The second kappa shape index (κ2) is 14.7. The molecule has 70 valence electrons. The molecule has 3 N–H and O–H groups in total. The molecule has 0 aromatic heterocycles. The molecular weight excluding hydrogens is 209 g/mol. The minimum atomic E-state index is 0.